The number of nitrogens with two attached hydrogens (primary N) is 1. The minimum absolute atomic E-state index is 0.278. The van der Waals surface area contributed by atoms with E-state index in [1.54, 1.807) is 11.8 Å². The Balaban J connectivity index is 2.53. The molecule has 1 atom stereocenters. The maximum absolute atomic E-state index is 7.26. The summed E-state index contributed by atoms with van der Waals surface area (Å²) >= 11 is 1.80. The van der Waals surface area contributed by atoms with E-state index in [4.69, 9.17) is 11.1 Å². The molecular weight excluding hydrogens is 192 g/mol. The predicted molar refractivity (Wildman–Crippen MR) is 62.9 cm³/mol. The lowest BCUT2D eigenvalue weighted by Gasteiger charge is -2.12. The van der Waals surface area contributed by atoms with Crippen LogP contribution in [0.25, 0.3) is 0 Å². The van der Waals surface area contributed by atoms with E-state index in [9.17, 15) is 0 Å². The van der Waals surface area contributed by atoms with Crippen LogP contribution < -0.4 is 5.73 Å². The lowest BCUT2D eigenvalue weighted by molar-refractivity contribution is 0.849. The summed E-state index contributed by atoms with van der Waals surface area (Å²) in [7, 11) is 0. The Kier molecular flexibility index (Phi) is 4.53. The van der Waals surface area contributed by atoms with Crippen molar-refractivity contribution in [2.75, 3.05) is 0 Å². The van der Waals surface area contributed by atoms with E-state index in [-0.39, 0.29) is 5.84 Å². The van der Waals surface area contributed by atoms with Crippen LogP contribution in [0.15, 0.2) is 35.2 Å². The lowest BCUT2D eigenvalue weighted by atomic mass is 10.2. The maximum atomic E-state index is 7.26. The smallest absolute Gasteiger partial charge is 0.0916 e. The Morgan fingerprint density at radius 3 is 2.57 bits per heavy atom. The molecule has 1 rings (SSSR count). The van der Waals surface area contributed by atoms with Gasteiger partial charge in [-0.15, -0.1) is 11.8 Å². The molecule has 1 aromatic rings. The van der Waals surface area contributed by atoms with E-state index in [0.29, 0.717) is 11.7 Å². The molecular formula is C11H16N2S. The van der Waals surface area contributed by atoms with Gasteiger partial charge in [0.15, 0.2) is 0 Å². The average Bonchev–Trinajstić information content (AvgIpc) is 2.17. The van der Waals surface area contributed by atoms with E-state index in [1.165, 1.54) is 4.90 Å². The third-order valence-electron chi connectivity index (χ3n) is 1.95. The van der Waals surface area contributed by atoms with E-state index in [0.717, 1.165) is 6.42 Å². The zero-order valence-electron chi connectivity index (χ0n) is 8.36. The van der Waals surface area contributed by atoms with Crippen LogP contribution in [0.2, 0.25) is 0 Å². The van der Waals surface area contributed by atoms with Gasteiger partial charge in [0.05, 0.1) is 5.84 Å². The third kappa shape index (κ3) is 3.83. The van der Waals surface area contributed by atoms with Gasteiger partial charge in [0, 0.05) is 16.6 Å². The molecule has 0 aliphatic rings. The molecule has 14 heavy (non-hydrogen) atoms. The largest absolute Gasteiger partial charge is 0.388 e. The number of rotatable bonds is 5. The third-order valence-corrected chi connectivity index (χ3v) is 3.33. The first kappa shape index (κ1) is 11.1. The molecule has 0 saturated heterocycles. The molecule has 1 unspecified atom stereocenters. The van der Waals surface area contributed by atoms with Gasteiger partial charge in [-0.2, -0.15) is 0 Å². The van der Waals surface area contributed by atoms with Crippen molar-refractivity contribution in [3.05, 3.63) is 30.3 Å². The van der Waals surface area contributed by atoms with Gasteiger partial charge < -0.3 is 5.73 Å². The van der Waals surface area contributed by atoms with E-state index < -0.39 is 0 Å². The van der Waals surface area contributed by atoms with Crippen molar-refractivity contribution >= 4 is 17.6 Å². The zero-order chi connectivity index (χ0) is 10.4. The summed E-state index contributed by atoms with van der Waals surface area (Å²) in [4.78, 5) is 1.25. The molecule has 1 aromatic carbocycles. The molecule has 0 radical (unpaired) electrons. The number of hydrogen-bond acceptors (Lipinski definition) is 2. The van der Waals surface area contributed by atoms with Gasteiger partial charge in [0.25, 0.3) is 0 Å². The summed E-state index contributed by atoms with van der Waals surface area (Å²) in [6.45, 7) is 2.13. The van der Waals surface area contributed by atoms with Gasteiger partial charge in [-0.25, -0.2) is 0 Å². The van der Waals surface area contributed by atoms with Crippen LogP contribution in [0.5, 0.6) is 0 Å². The second-order valence-electron chi connectivity index (χ2n) is 3.19. The van der Waals surface area contributed by atoms with E-state index >= 15 is 0 Å². The summed E-state index contributed by atoms with van der Waals surface area (Å²) in [5.41, 5.74) is 5.39. The first-order chi connectivity index (χ1) is 6.72. The highest BCUT2D eigenvalue weighted by atomic mass is 32.2. The molecule has 0 aromatic heterocycles. The van der Waals surface area contributed by atoms with Gasteiger partial charge in [0.1, 0.15) is 0 Å². The highest BCUT2D eigenvalue weighted by Crippen LogP contribution is 2.26. The number of hydrogen-bond donors (Lipinski definition) is 2. The van der Waals surface area contributed by atoms with Crippen LogP contribution in [0.3, 0.4) is 0 Å². The Morgan fingerprint density at radius 1 is 1.43 bits per heavy atom. The fourth-order valence-corrected chi connectivity index (χ4v) is 2.33. The van der Waals surface area contributed by atoms with Gasteiger partial charge in [0.2, 0.25) is 0 Å². The summed E-state index contributed by atoms with van der Waals surface area (Å²) < 4.78 is 0. The van der Waals surface area contributed by atoms with Crippen molar-refractivity contribution in [3.8, 4) is 0 Å². The number of amidine groups is 1. The van der Waals surface area contributed by atoms with E-state index in [2.05, 4.69) is 19.1 Å². The summed E-state index contributed by atoms with van der Waals surface area (Å²) in [5, 5.41) is 7.68. The monoisotopic (exact) mass is 208 g/mol. The van der Waals surface area contributed by atoms with Crippen molar-refractivity contribution in [1.82, 2.24) is 0 Å². The fourth-order valence-electron chi connectivity index (χ4n) is 1.21. The molecule has 0 spiro atoms. The molecule has 0 bridgehead atoms. The average molecular weight is 208 g/mol. The fraction of sp³-hybridized carbons (Fsp3) is 0.364. The number of nitrogens with one attached hydrogen (secondary N) is 1. The Bertz CT molecular complexity index is 285. The second kappa shape index (κ2) is 5.70. The van der Waals surface area contributed by atoms with Crippen molar-refractivity contribution in [3.63, 3.8) is 0 Å². The molecule has 3 N–H and O–H groups in total. The molecule has 0 aliphatic carbocycles. The molecule has 0 fully saturated rings. The quantitative estimate of drug-likeness (QED) is 0.444. The van der Waals surface area contributed by atoms with Gasteiger partial charge in [-0.3, -0.25) is 5.41 Å². The summed E-state index contributed by atoms with van der Waals surface area (Å²) in [6, 6.07) is 10.3. The molecule has 0 aliphatic heterocycles. The number of benzene rings is 1. The Hall–Kier alpha value is -0.960. The van der Waals surface area contributed by atoms with Crippen LogP contribution in [0, 0.1) is 5.41 Å². The highest BCUT2D eigenvalue weighted by Gasteiger charge is 2.08. The van der Waals surface area contributed by atoms with Crippen molar-refractivity contribution in [1.29, 1.82) is 5.41 Å². The Labute approximate surface area is 89.4 Å². The van der Waals surface area contributed by atoms with Crippen LogP contribution in [-0.2, 0) is 0 Å². The standard InChI is InChI=1S/C11H16N2S/c1-2-9(8-11(12)13)14-10-6-4-3-5-7-10/h3-7,9H,2,8H2,1H3,(H3,12,13). The van der Waals surface area contributed by atoms with E-state index in [1.807, 2.05) is 18.2 Å². The maximum Gasteiger partial charge on any atom is 0.0916 e. The van der Waals surface area contributed by atoms with Gasteiger partial charge in [-0.1, -0.05) is 25.1 Å². The normalized spacial score (nSPS) is 12.4. The minimum atomic E-state index is 0.278. The zero-order valence-corrected chi connectivity index (χ0v) is 9.18. The molecule has 2 nitrogen and oxygen atoms in total. The van der Waals surface area contributed by atoms with Crippen LogP contribution in [0.4, 0.5) is 0 Å². The van der Waals surface area contributed by atoms with Crippen molar-refractivity contribution in [2.45, 2.75) is 29.9 Å². The first-order valence-corrected chi connectivity index (χ1v) is 5.65. The van der Waals surface area contributed by atoms with Crippen LogP contribution in [-0.4, -0.2) is 11.1 Å². The predicted octanol–water partition coefficient (Wildman–Crippen LogP) is 2.88. The van der Waals surface area contributed by atoms with Crippen LogP contribution >= 0.6 is 11.8 Å². The topological polar surface area (TPSA) is 49.9 Å². The lowest BCUT2D eigenvalue weighted by Crippen LogP contribution is -2.16. The van der Waals surface area contributed by atoms with Gasteiger partial charge in [-0.05, 0) is 18.6 Å². The second-order valence-corrected chi connectivity index (χ2v) is 4.56. The van der Waals surface area contributed by atoms with Gasteiger partial charge >= 0.3 is 0 Å². The van der Waals surface area contributed by atoms with Crippen molar-refractivity contribution in [2.24, 2.45) is 5.73 Å². The molecule has 0 saturated carbocycles. The SMILES string of the molecule is CCC(CC(=N)N)Sc1ccccc1. The Morgan fingerprint density at radius 2 is 2.07 bits per heavy atom. The molecule has 0 heterocycles. The molecule has 76 valence electrons. The molecule has 0 amide bonds. The summed E-state index contributed by atoms with van der Waals surface area (Å²) in [6.07, 6.45) is 1.72. The summed E-state index contributed by atoms with van der Waals surface area (Å²) in [5.74, 6) is 0.278. The number of thioether (sulfide) groups is 1. The molecule has 3 heteroatoms. The van der Waals surface area contributed by atoms with Crippen molar-refractivity contribution < 1.29 is 0 Å². The first-order valence-electron chi connectivity index (χ1n) is 4.77. The van der Waals surface area contributed by atoms with Crippen LogP contribution in [0.1, 0.15) is 19.8 Å². The highest BCUT2D eigenvalue weighted by molar-refractivity contribution is 8.00. The minimum Gasteiger partial charge on any atom is -0.388 e.